The van der Waals surface area contributed by atoms with Gasteiger partial charge in [-0.15, -0.1) is 0 Å². The smallest absolute Gasteiger partial charge is 0.238 e. The van der Waals surface area contributed by atoms with Crippen LogP contribution in [0.3, 0.4) is 0 Å². The molecule has 0 amide bonds. The summed E-state index contributed by atoms with van der Waals surface area (Å²) in [5.74, 6) is 1.87. The summed E-state index contributed by atoms with van der Waals surface area (Å²) in [7, 11) is 0. The van der Waals surface area contributed by atoms with E-state index < -0.39 is 0 Å². The maximum atomic E-state index is 5.10. The fourth-order valence-corrected chi connectivity index (χ4v) is 7.50. The average Bonchev–Trinajstić information content (AvgIpc) is 3.56. The molecule has 0 radical (unpaired) electrons. The molecule has 0 saturated heterocycles. The third-order valence-corrected chi connectivity index (χ3v) is 9.86. The minimum atomic E-state index is 0.592. The molecule has 51 heavy (non-hydrogen) atoms. The second kappa shape index (κ2) is 11.9. The van der Waals surface area contributed by atoms with Crippen LogP contribution >= 0.6 is 0 Å². The summed E-state index contributed by atoms with van der Waals surface area (Å²) in [5.41, 5.74) is 8.88. The van der Waals surface area contributed by atoms with Gasteiger partial charge in [-0.1, -0.05) is 164 Å². The third kappa shape index (κ3) is 4.88. The Bertz CT molecular complexity index is 2840. The molecule has 4 heteroatoms. The van der Waals surface area contributed by atoms with Crippen LogP contribution in [0.15, 0.2) is 182 Å². The van der Waals surface area contributed by atoms with Crippen molar-refractivity contribution in [3.05, 3.63) is 182 Å². The van der Waals surface area contributed by atoms with Gasteiger partial charge in [0.15, 0.2) is 11.6 Å². The first kappa shape index (κ1) is 29.0. The number of hydrogen-bond donors (Lipinski definition) is 0. The number of nitrogens with zero attached hydrogens (tertiary/aromatic N) is 4. The van der Waals surface area contributed by atoms with Crippen LogP contribution in [0.2, 0.25) is 0 Å². The largest absolute Gasteiger partial charge is 0.278 e. The molecule has 0 atom stereocenters. The molecule has 0 aliphatic rings. The molecular formula is C47H30N4. The highest BCUT2D eigenvalue weighted by Gasteiger charge is 2.19. The second-order valence-electron chi connectivity index (χ2n) is 12.8. The van der Waals surface area contributed by atoms with Crippen molar-refractivity contribution in [2.24, 2.45) is 0 Å². The van der Waals surface area contributed by atoms with Gasteiger partial charge in [0.05, 0.1) is 11.0 Å². The Morgan fingerprint density at radius 2 is 0.863 bits per heavy atom. The van der Waals surface area contributed by atoms with E-state index in [1.165, 1.54) is 49.2 Å². The number of fused-ring (bicyclic) bond motifs is 6. The fraction of sp³-hybridized carbons (Fsp3) is 0. The average molecular weight is 651 g/mol. The van der Waals surface area contributed by atoms with Crippen LogP contribution in [0.1, 0.15) is 0 Å². The van der Waals surface area contributed by atoms with Gasteiger partial charge in [-0.05, 0) is 62.0 Å². The highest BCUT2D eigenvalue weighted by Crippen LogP contribution is 2.40. The fourth-order valence-electron chi connectivity index (χ4n) is 7.50. The number of para-hydroxylation sites is 1. The molecule has 2 heterocycles. The first-order valence-corrected chi connectivity index (χ1v) is 17.2. The van der Waals surface area contributed by atoms with Crippen LogP contribution in [-0.4, -0.2) is 19.5 Å². The lowest BCUT2D eigenvalue weighted by Gasteiger charge is -2.13. The first-order valence-electron chi connectivity index (χ1n) is 17.2. The van der Waals surface area contributed by atoms with Crippen molar-refractivity contribution in [3.63, 3.8) is 0 Å². The molecular weight excluding hydrogens is 621 g/mol. The van der Waals surface area contributed by atoms with Crippen molar-refractivity contribution < 1.29 is 0 Å². The van der Waals surface area contributed by atoms with Crippen molar-refractivity contribution in [2.45, 2.75) is 0 Å². The molecule has 238 valence electrons. The minimum absolute atomic E-state index is 0.592. The van der Waals surface area contributed by atoms with Crippen LogP contribution in [-0.2, 0) is 0 Å². The Morgan fingerprint density at radius 1 is 0.333 bits per heavy atom. The Morgan fingerprint density at radius 3 is 1.49 bits per heavy atom. The molecule has 0 unspecified atom stereocenters. The van der Waals surface area contributed by atoms with E-state index in [0.717, 1.165) is 27.5 Å². The van der Waals surface area contributed by atoms with E-state index in [4.69, 9.17) is 15.0 Å². The summed E-state index contributed by atoms with van der Waals surface area (Å²) >= 11 is 0. The SMILES string of the molecule is c1ccc(-c2nc(-c3ccccc3)nc(-n3c4ccccc4c4c5ccc(-c6ccc(-c7ccccc7)c7ccccc67)cc5ccc43)n2)cc1. The van der Waals surface area contributed by atoms with Crippen LogP contribution in [0.4, 0.5) is 0 Å². The molecule has 0 saturated carbocycles. The molecule has 8 aromatic carbocycles. The van der Waals surface area contributed by atoms with Gasteiger partial charge < -0.3 is 0 Å². The predicted octanol–water partition coefficient (Wildman–Crippen LogP) is 11.9. The summed E-state index contributed by atoms with van der Waals surface area (Å²) in [6.07, 6.45) is 0. The van der Waals surface area contributed by atoms with Crippen LogP contribution in [0, 0.1) is 0 Å². The molecule has 2 aromatic heterocycles. The normalized spacial score (nSPS) is 11.5. The van der Waals surface area contributed by atoms with Gasteiger partial charge in [0, 0.05) is 21.9 Å². The van der Waals surface area contributed by atoms with Crippen molar-refractivity contribution >= 4 is 43.4 Å². The zero-order valence-electron chi connectivity index (χ0n) is 27.6. The summed E-state index contributed by atoms with van der Waals surface area (Å²) < 4.78 is 2.19. The molecule has 0 N–H and O–H groups in total. The van der Waals surface area contributed by atoms with Gasteiger partial charge >= 0.3 is 0 Å². The summed E-state index contributed by atoms with van der Waals surface area (Å²) in [5, 5.41) is 7.21. The van der Waals surface area contributed by atoms with Gasteiger partial charge in [0.2, 0.25) is 5.95 Å². The maximum Gasteiger partial charge on any atom is 0.238 e. The molecule has 10 rings (SSSR count). The van der Waals surface area contributed by atoms with Gasteiger partial charge in [-0.3, -0.25) is 4.57 Å². The molecule has 0 aliphatic carbocycles. The van der Waals surface area contributed by atoms with Crippen LogP contribution in [0.5, 0.6) is 0 Å². The number of rotatable bonds is 5. The molecule has 0 bridgehead atoms. The topological polar surface area (TPSA) is 43.6 Å². The lowest BCUT2D eigenvalue weighted by molar-refractivity contribution is 0.953. The zero-order chi connectivity index (χ0) is 33.7. The van der Waals surface area contributed by atoms with E-state index in [1.807, 2.05) is 60.7 Å². The third-order valence-electron chi connectivity index (χ3n) is 9.86. The minimum Gasteiger partial charge on any atom is -0.278 e. The second-order valence-corrected chi connectivity index (χ2v) is 12.8. The Kier molecular flexibility index (Phi) is 6.78. The summed E-state index contributed by atoms with van der Waals surface area (Å²) in [4.78, 5) is 15.1. The van der Waals surface area contributed by atoms with Gasteiger partial charge in [-0.25, -0.2) is 4.98 Å². The van der Waals surface area contributed by atoms with E-state index in [9.17, 15) is 0 Å². The van der Waals surface area contributed by atoms with Crippen LogP contribution < -0.4 is 0 Å². The van der Waals surface area contributed by atoms with Gasteiger partial charge in [0.25, 0.3) is 0 Å². The summed E-state index contributed by atoms with van der Waals surface area (Å²) in [6.45, 7) is 0. The Labute approximate surface area is 295 Å². The Hall–Kier alpha value is -6.91. The molecule has 0 fully saturated rings. The van der Waals surface area contributed by atoms with E-state index >= 15 is 0 Å². The number of hydrogen-bond acceptors (Lipinski definition) is 3. The number of benzene rings is 8. The predicted molar refractivity (Wildman–Crippen MR) is 211 cm³/mol. The standard InChI is InChI=1S/C47H30N4/c1-4-14-31(15-5-1)36-27-28-37(40-21-11-10-20-39(36)40)34-24-26-38-35(30-34)25-29-43-44(38)41-22-12-13-23-42(41)51(43)47-49-45(32-16-6-2-7-17-32)48-46(50-47)33-18-8-3-9-19-33/h1-30H. The van der Waals surface area contributed by atoms with Crippen molar-refractivity contribution in [1.82, 2.24) is 19.5 Å². The van der Waals surface area contributed by atoms with Crippen molar-refractivity contribution in [2.75, 3.05) is 0 Å². The van der Waals surface area contributed by atoms with Gasteiger partial charge in [-0.2, -0.15) is 9.97 Å². The Balaban J connectivity index is 1.18. The quantitative estimate of drug-likeness (QED) is 0.186. The first-order chi connectivity index (χ1) is 25.3. The molecule has 0 aliphatic heterocycles. The van der Waals surface area contributed by atoms with E-state index in [1.54, 1.807) is 0 Å². The van der Waals surface area contributed by atoms with Crippen molar-refractivity contribution in [1.29, 1.82) is 0 Å². The summed E-state index contributed by atoms with van der Waals surface area (Å²) in [6, 6.07) is 64.0. The van der Waals surface area contributed by atoms with Crippen LogP contribution in [0.25, 0.3) is 94.3 Å². The molecule has 10 aromatic rings. The van der Waals surface area contributed by atoms with E-state index in [0.29, 0.717) is 17.6 Å². The molecule has 0 spiro atoms. The maximum absolute atomic E-state index is 5.10. The lowest BCUT2D eigenvalue weighted by Crippen LogP contribution is -2.06. The highest BCUT2D eigenvalue weighted by molar-refractivity contribution is 6.21. The van der Waals surface area contributed by atoms with E-state index in [2.05, 4.69) is 126 Å². The monoisotopic (exact) mass is 650 g/mol. The van der Waals surface area contributed by atoms with E-state index in [-0.39, 0.29) is 0 Å². The molecule has 4 nitrogen and oxygen atoms in total. The van der Waals surface area contributed by atoms with Crippen molar-refractivity contribution in [3.8, 4) is 51.0 Å². The lowest BCUT2D eigenvalue weighted by atomic mass is 9.91. The highest BCUT2D eigenvalue weighted by atomic mass is 15.2. The van der Waals surface area contributed by atoms with Gasteiger partial charge in [0.1, 0.15) is 0 Å². The number of aromatic nitrogens is 4. The zero-order valence-corrected chi connectivity index (χ0v) is 27.6.